The van der Waals surface area contributed by atoms with Gasteiger partial charge < -0.3 is 14.4 Å². The van der Waals surface area contributed by atoms with Crippen LogP contribution in [-0.2, 0) is 11.1 Å². The van der Waals surface area contributed by atoms with E-state index in [2.05, 4.69) is 0 Å². The van der Waals surface area contributed by atoms with Crippen molar-refractivity contribution in [1.82, 2.24) is 0 Å². The number of hydrogen-bond donors (Lipinski definition) is 2. The summed E-state index contributed by atoms with van der Waals surface area (Å²) in [5.41, 5.74) is 1.87. The minimum absolute atomic E-state index is 0.195. The monoisotopic (exact) mass is 340 g/mol. The Bertz CT molecular complexity index is 814. The van der Waals surface area contributed by atoms with Crippen LogP contribution in [0, 0.1) is 0 Å². The van der Waals surface area contributed by atoms with Gasteiger partial charge in [0.15, 0.2) is 11.1 Å². The lowest BCUT2D eigenvalue weighted by molar-refractivity contribution is 0.247. The third-order valence-electron chi connectivity index (χ3n) is 3.58. The fraction of sp³-hybridized carbons (Fsp3) is 0.0526. The van der Waals surface area contributed by atoms with Gasteiger partial charge in [0.1, 0.15) is 17.6 Å². The number of benzene rings is 3. The van der Waals surface area contributed by atoms with Gasteiger partial charge in [0.2, 0.25) is 0 Å². The molecule has 2 N–H and O–H groups in total. The third-order valence-corrected chi connectivity index (χ3v) is 4.25. The largest absolute Gasteiger partial charge is 0.508 e. The van der Waals surface area contributed by atoms with Crippen LogP contribution in [0.3, 0.4) is 0 Å². The molecule has 0 saturated carbocycles. The SMILES string of the molecule is O=S(O)c1ccc(OC(c2ccccc2)c2ccc(O)cc2)cc1. The van der Waals surface area contributed by atoms with Crippen molar-refractivity contribution < 1.29 is 18.6 Å². The summed E-state index contributed by atoms with van der Waals surface area (Å²) >= 11 is -2.01. The van der Waals surface area contributed by atoms with Crippen molar-refractivity contribution in [3.63, 3.8) is 0 Å². The summed E-state index contributed by atoms with van der Waals surface area (Å²) in [6, 6.07) is 23.0. The standard InChI is InChI=1S/C19H16O4S/c20-16-8-6-15(7-9-16)19(14-4-2-1-3-5-14)23-17-10-12-18(13-11-17)24(21)22/h1-13,19-20H,(H,21,22). The molecule has 2 atom stereocenters. The second-order valence-electron chi connectivity index (χ2n) is 5.22. The maximum Gasteiger partial charge on any atom is 0.186 e. The second-order valence-corrected chi connectivity index (χ2v) is 6.19. The molecule has 0 amide bonds. The Balaban J connectivity index is 1.93. The van der Waals surface area contributed by atoms with E-state index in [-0.39, 0.29) is 11.9 Å². The topological polar surface area (TPSA) is 66.8 Å². The highest BCUT2D eigenvalue weighted by Crippen LogP contribution is 2.29. The molecule has 3 aromatic carbocycles. The van der Waals surface area contributed by atoms with Crippen LogP contribution in [0.5, 0.6) is 11.5 Å². The maximum atomic E-state index is 11.1. The molecule has 0 bridgehead atoms. The zero-order chi connectivity index (χ0) is 16.9. The van der Waals surface area contributed by atoms with E-state index in [1.54, 1.807) is 36.4 Å². The van der Waals surface area contributed by atoms with E-state index in [0.29, 0.717) is 10.6 Å². The first-order valence-corrected chi connectivity index (χ1v) is 8.45. The molecule has 2 unspecified atom stereocenters. The summed E-state index contributed by atoms with van der Waals surface area (Å²) < 4.78 is 26.2. The van der Waals surface area contributed by atoms with Gasteiger partial charge in [-0.1, -0.05) is 42.5 Å². The molecule has 0 radical (unpaired) electrons. The molecule has 3 rings (SSSR count). The normalized spacial score (nSPS) is 13.2. The molecule has 24 heavy (non-hydrogen) atoms. The van der Waals surface area contributed by atoms with Crippen molar-refractivity contribution in [2.45, 2.75) is 11.0 Å². The minimum atomic E-state index is -2.01. The zero-order valence-electron chi connectivity index (χ0n) is 12.7. The number of aromatic hydroxyl groups is 1. The molecule has 4 nitrogen and oxygen atoms in total. The smallest absolute Gasteiger partial charge is 0.186 e. The Morgan fingerprint density at radius 3 is 1.96 bits per heavy atom. The highest BCUT2D eigenvalue weighted by Gasteiger charge is 2.16. The van der Waals surface area contributed by atoms with Crippen molar-refractivity contribution >= 4 is 11.1 Å². The lowest BCUT2D eigenvalue weighted by atomic mass is 10.0. The Morgan fingerprint density at radius 1 is 0.792 bits per heavy atom. The van der Waals surface area contributed by atoms with E-state index in [0.717, 1.165) is 11.1 Å². The fourth-order valence-corrected chi connectivity index (χ4v) is 2.75. The van der Waals surface area contributed by atoms with Gasteiger partial charge in [0, 0.05) is 0 Å². The van der Waals surface area contributed by atoms with Crippen molar-refractivity contribution in [3.05, 3.63) is 90.0 Å². The van der Waals surface area contributed by atoms with Crippen LogP contribution in [0.15, 0.2) is 83.8 Å². The Kier molecular flexibility index (Phi) is 4.93. The van der Waals surface area contributed by atoms with E-state index in [1.165, 1.54) is 0 Å². The predicted molar refractivity (Wildman–Crippen MR) is 92.5 cm³/mol. The van der Waals surface area contributed by atoms with E-state index in [9.17, 15) is 9.32 Å². The average Bonchev–Trinajstić information content (AvgIpc) is 2.62. The second kappa shape index (κ2) is 7.29. The molecular weight excluding hydrogens is 324 g/mol. The summed E-state index contributed by atoms with van der Waals surface area (Å²) in [6.45, 7) is 0. The van der Waals surface area contributed by atoms with Crippen LogP contribution in [0.4, 0.5) is 0 Å². The molecule has 5 heteroatoms. The first-order chi connectivity index (χ1) is 11.6. The first kappa shape index (κ1) is 16.2. The van der Waals surface area contributed by atoms with Crippen molar-refractivity contribution in [1.29, 1.82) is 0 Å². The molecule has 122 valence electrons. The Labute approximate surface area is 142 Å². The van der Waals surface area contributed by atoms with Gasteiger partial charge >= 0.3 is 0 Å². The van der Waals surface area contributed by atoms with Crippen LogP contribution >= 0.6 is 0 Å². The number of phenolic OH excluding ortho intramolecular Hbond substituents is 1. The molecule has 0 saturated heterocycles. The summed E-state index contributed by atoms with van der Waals surface area (Å²) in [7, 11) is 0. The van der Waals surface area contributed by atoms with Gasteiger partial charge in [0.05, 0.1) is 4.90 Å². The van der Waals surface area contributed by atoms with Crippen molar-refractivity contribution in [2.75, 3.05) is 0 Å². The third kappa shape index (κ3) is 3.82. The van der Waals surface area contributed by atoms with Gasteiger partial charge in [-0.2, -0.15) is 0 Å². The van der Waals surface area contributed by atoms with E-state index in [1.807, 2.05) is 42.5 Å². The van der Waals surface area contributed by atoms with Crippen molar-refractivity contribution in [3.8, 4) is 11.5 Å². The van der Waals surface area contributed by atoms with Crippen LogP contribution in [0.1, 0.15) is 17.2 Å². The number of hydrogen-bond acceptors (Lipinski definition) is 3. The van der Waals surface area contributed by atoms with Crippen LogP contribution in [0.2, 0.25) is 0 Å². The van der Waals surface area contributed by atoms with E-state index < -0.39 is 11.1 Å². The first-order valence-electron chi connectivity index (χ1n) is 7.35. The lowest BCUT2D eigenvalue weighted by Gasteiger charge is -2.20. The summed E-state index contributed by atoms with van der Waals surface area (Å²) in [4.78, 5) is 0.322. The van der Waals surface area contributed by atoms with Crippen LogP contribution in [0.25, 0.3) is 0 Å². The molecule has 0 heterocycles. The van der Waals surface area contributed by atoms with Gasteiger partial charge in [-0.3, -0.25) is 0 Å². The fourth-order valence-electron chi connectivity index (χ4n) is 2.38. The molecule has 0 aliphatic heterocycles. The summed E-state index contributed by atoms with van der Waals surface area (Å²) in [5.74, 6) is 0.784. The molecule has 0 aromatic heterocycles. The predicted octanol–water partition coefficient (Wildman–Crippen LogP) is 4.14. The number of ether oxygens (including phenoxy) is 1. The zero-order valence-corrected chi connectivity index (χ0v) is 13.5. The maximum absolute atomic E-state index is 11.1. The van der Waals surface area contributed by atoms with E-state index >= 15 is 0 Å². The minimum Gasteiger partial charge on any atom is -0.508 e. The summed E-state index contributed by atoms with van der Waals surface area (Å²) in [5, 5.41) is 9.49. The molecule has 0 aliphatic carbocycles. The van der Waals surface area contributed by atoms with Crippen LogP contribution in [-0.4, -0.2) is 13.9 Å². The Morgan fingerprint density at radius 2 is 1.38 bits per heavy atom. The summed E-state index contributed by atoms with van der Waals surface area (Å²) in [6.07, 6.45) is -0.350. The van der Waals surface area contributed by atoms with Gasteiger partial charge in [0.25, 0.3) is 0 Å². The van der Waals surface area contributed by atoms with Gasteiger partial charge in [-0.15, -0.1) is 0 Å². The average molecular weight is 340 g/mol. The molecular formula is C19H16O4S. The van der Waals surface area contributed by atoms with Crippen LogP contribution < -0.4 is 4.74 Å². The highest BCUT2D eigenvalue weighted by atomic mass is 32.2. The quantitative estimate of drug-likeness (QED) is 0.685. The van der Waals surface area contributed by atoms with Gasteiger partial charge in [-0.25, -0.2) is 4.21 Å². The number of rotatable bonds is 5. The lowest BCUT2D eigenvalue weighted by Crippen LogP contribution is -2.09. The van der Waals surface area contributed by atoms with Crippen molar-refractivity contribution in [2.24, 2.45) is 0 Å². The number of phenols is 1. The Hall–Kier alpha value is -2.63. The molecule has 3 aromatic rings. The molecule has 0 spiro atoms. The van der Waals surface area contributed by atoms with Gasteiger partial charge in [-0.05, 0) is 47.5 Å². The highest BCUT2D eigenvalue weighted by molar-refractivity contribution is 7.79. The van der Waals surface area contributed by atoms with E-state index in [4.69, 9.17) is 9.29 Å². The molecule has 0 aliphatic rings. The molecule has 0 fully saturated rings.